The quantitative estimate of drug-likeness (QED) is 0.628. The summed E-state index contributed by atoms with van der Waals surface area (Å²) in [6.07, 6.45) is 0.412. The molecule has 1 aliphatic heterocycles. The number of aromatic amines is 1. The molecule has 2 heterocycles. The van der Waals surface area contributed by atoms with Gasteiger partial charge in [-0.25, -0.2) is 0 Å². The number of aliphatic carboxylic acids is 1. The fourth-order valence-electron chi connectivity index (χ4n) is 3.92. The number of methoxy groups -OCH3 is 3. The topological polar surface area (TPSA) is 92.8 Å². The molecule has 1 aliphatic rings. The molecule has 7 heteroatoms. The van der Waals surface area contributed by atoms with Crippen LogP contribution in [0.2, 0.25) is 0 Å². The fourth-order valence-corrected chi connectivity index (χ4v) is 3.92. The van der Waals surface area contributed by atoms with E-state index >= 15 is 0 Å². The van der Waals surface area contributed by atoms with Crippen molar-refractivity contribution in [3.05, 3.63) is 53.2 Å². The van der Waals surface area contributed by atoms with Gasteiger partial charge in [0.2, 0.25) is 5.75 Å². The first-order valence-electron chi connectivity index (χ1n) is 8.95. The van der Waals surface area contributed by atoms with Crippen molar-refractivity contribution >= 4 is 16.9 Å². The van der Waals surface area contributed by atoms with E-state index in [-0.39, 0.29) is 6.04 Å². The number of carboxylic acids is 1. The number of rotatable bonds is 5. The minimum Gasteiger partial charge on any atom is -0.493 e. The van der Waals surface area contributed by atoms with E-state index in [9.17, 15) is 9.90 Å². The summed E-state index contributed by atoms with van der Waals surface area (Å²) in [6, 6.07) is 10.6. The van der Waals surface area contributed by atoms with Crippen LogP contribution in [0.3, 0.4) is 0 Å². The minimum atomic E-state index is -0.881. The van der Waals surface area contributed by atoms with E-state index in [1.165, 1.54) is 0 Å². The van der Waals surface area contributed by atoms with Gasteiger partial charge in [-0.2, -0.15) is 0 Å². The smallest absolute Gasteiger partial charge is 0.321 e. The summed E-state index contributed by atoms with van der Waals surface area (Å²) < 4.78 is 16.3. The Kier molecular flexibility index (Phi) is 4.60. The SMILES string of the molecule is COc1cc(C2N[C@H](C(=O)O)Cc3c2[nH]c2ccccc32)cc(OC)c1OC. The summed E-state index contributed by atoms with van der Waals surface area (Å²) in [5, 5.41) is 14.0. The van der Waals surface area contributed by atoms with E-state index in [1.807, 2.05) is 36.4 Å². The maximum Gasteiger partial charge on any atom is 0.321 e. The molecule has 0 spiro atoms. The van der Waals surface area contributed by atoms with Crippen LogP contribution < -0.4 is 19.5 Å². The highest BCUT2D eigenvalue weighted by Gasteiger charge is 2.34. The minimum absolute atomic E-state index is 0.356. The van der Waals surface area contributed by atoms with Crippen molar-refractivity contribution in [3.8, 4) is 17.2 Å². The zero-order chi connectivity index (χ0) is 19.8. The molecule has 2 atom stereocenters. The molecular formula is C21H22N2O5. The number of aromatic nitrogens is 1. The molecule has 2 aromatic carbocycles. The molecule has 1 aromatic heterocycles. The highest BCUT2D eigenvalue weighted by molar-refractivity contribution is 5.87. The first-order valence-corrected chi connectivity index (χ1v) is 8.95. The lowest BCUT2D eigenvalue weighted by atomic mass is 9.90. The van der Waals surface area contributed by atoms with Gasteiger partial charge in [0.25, 0.3) is 0 Å². The van der Waals surface area contributed by atoms with Crippen LogP contribution in [-0.4, -0.2) is 43.4 Å². The summed E-state index contributed by atoms with van der Waals surface area (Å²) in [7, 11) is 4.67. The summed E-state index contributed by atoms with van der Waals surface area (Å²) in [4.78, 5) is 15.3. The van der Waals surface area contributed by atoms with E-state index in [0.717, 1.165) is 27.7 Å². The number of carbonyl (C=O) groups is 1. The molecule has 28 heavy (non-hydrogen) atoms. The lowest BCUT2D eigenvalue weighted by Gasteiger charge is -2.30. The van der Waals surface area contributed by atoms with Crippen molar-refractivity contribution in [2.45, 2.75) is 18.5 Å². The largest absolute Gasteiger partial charge is 0.493 e. The standard InChI is InChI=1S/C21H22N2O5/c1-26-16-8-11(9-17(27-2)20(16)28-3)18-19-13(10-15(23-18)21(24)25)12-6-4-5-7-14(12)22-19/h4-9,15,18,22-23H,10H2,1-3H3,(H,24,25)/t15-,18?/m0/s1. The van der Waals surface area contributed by atoms with Crippen molar-refractivity contribution in [2.24, 2.45) is 0 Å². The van der Waals surface area contributed by atoms with E-state index in [4.69, 9.17) is 14.2 Å². The number of hydrogen-bond donors (Lipinski definition) is 3. The lowest BCUT2D eigenvalue weighted by Crippen LogP contribution is -2.44. The predicted molar refractivity (Wildman–Crippen MR) is 105 cm³/mol. The zero-order valence-corrected chi connectivity index (χ0v) is 15.9. The Morgan fingerprint density at radius 1 is 1.07 bits per heavy atom. The molecule has 146 valence electrons. The maximum absolute atomic E-state index is 11.8. The first kappa shape index (κ1) is 18.2. The van der Waals surface area contributed by atoms with Crippen molar-refractivity contribution < 1.29 is 24.1 Å². The number of nitrogens with one attached hydrogen (secondary N) is 2. The van der Waals surface area contributed by atoms with E-state index in [1.54, 1.807) is 21.3 Å². The van der Waals surface area contributed by atoms with Crippen molar-refractivity contribution in [2.75, 3.05) is 21.3 Å². The number of hydrogen-bond acceptors (Lipinski definition) is 5. The van der Waals surface area contributed by atoms with Gasteiger partial charge in [-0.15, -0.1) is 0 Å². The highest BCUT2D eigenvalue weighted by Crippen LogP contribution is 2.43. The summed E-state index contributed by atoms with van der Waals surface area (Å²) in [6.45, 7) is 0. The van der Waals surface area contributed by atoms with Gasteiger partial charge in [0.15, 0.2) is 11.5 Å². The number of carboxylic acid groups (broad SMARTS) is 1. The van der Waals surface area contributed by atoms with Crippen LogP contribution in [0.25, 0.3) is 10.9 Å². The van der Waals surface area contributed by atoms with Crippen LogP contribution in [-0.2, 0) is 11.2 Å². The average Bonchev–Trinajstić information content (AvgIpc) is 3.10. The van der Waals surface area contributed by atoms with Crippen LogP contribution in [0.1, 0.15) is 22.9 Å². The molecule has 0 saturated heterocycles. The van der Waals surface area contributed by atoms with Crippen molar-refractivity contribution in [1.29, 1.82) is 0 Å². The normalized spacial score (nSPS) is 18.5. The van der Waals surface area contributed by atoms with Gasteiger partial charge < -0.3 is 24.3 Å². The number of fused-ring (bicyclic) bond motifs is 3. The molecule has 7 nitrogen and oxygen atoms in total. The van der Waals surface area contributed by atoms with E-state index in [0.29, 0.717) is 23.7 Å². The fraction of sp³-hybridized carbons (Fsp3) is 0.286. The highest BCUT2D eigenvalue weighted by atomic mass is 16.5. The molecule has 0 aliphatic carbocycles. The Morgan fingerprint density at radius 3 is 2.36 bits per heavy atom. The Hall–Kier alpha value is -3.19. The second-order valence-electron chi connectivity index (χ2n) is 6.72. The van der Waals surface area contributed by atoms with E-state index < -0.39 is 12.0 Å². The van der Waals surface area contributed by atoms with Crippen molar-refractivity contribution in [1.82, 2.24) is 10.3 Å². The van der Waals surface area contributed by atoms with Crippen LogP contribution in [0.4, 0.5) is 0 Å². The van der Waals surface area contributed by atoms with Gasteiger partial charge in [0.1, 0.15) is 6.04 Å². The third-order valence-electron chi connectivity index (χ3n) is 5.23. The van der Waals surface area contributed by atoms with Gasteiger partial charge in [-0.05, 0) is 29.3 Å². The molecule has 0 bridgehead atoms. The third kappa shape index (κ3) is 2.84. The Labute approximate surface area is 162 Å². The van der Waals surface area contributed by atoms with Crippen LogP contribution in [0.15, 0.2) is 36.4 Å². The third-order valence-corrected chi connectivity index (χ3v) is 5.23. The molecule has 1 unspecified atom stereocenters. The maximum atomic E-state index is 11.8. The molecule has 0 fully saturated rings. The molecule has 3 aromatic rings. The van der Waals surface area contributed by atoms with Gasteiger partial charge in [0, 0.05) is 23.0 Å². The number of para-hydroxylation sites is 1. The molecule has 0 radical (unpaired) electrons. The molecule has 0 saturated carbocycles. The van der Waals surface area contributed by atoms with Gasteiger partial charge >= 0.3 is 5.97 Å². The predicted octanol–water partition coefficient (Wildman–Crippen LogP) is 2.88. The van der Waals surface area contributed by atoms with E-state index in [2.05, 4.69) is 10.3 Å². The first-order chi connectivity index (χ1) is 13.6. The molecule has 0 amide bonds. The monoisotopic (exact) mass is 382 g/mol. The molecule has 3 N–H and O–H groups in total. The van der Waals surface area contributed by atoms with Crippen LogP contribution >= 0.6 is 0 Å². The van der Waals surface area contributed by atoms with Crippen LogP contribution in [0.5, 0.6) is 17.2 Å². The van der Waals surface area contributed by atoms with Gasteiger partial charge in [-0.3, -0.25) is 10.1 Å². The van der Waals surface area contributed by atoms with Crippen LogP contribution in [0, 0.1) is 0 Å². The van der Waals surface area contributed by atoms with Crippen molar-refractivity contribution in [3.63, 3.8) is 0 Å². The summed E-state index contributed by atoms with van der Waals surface area (Å²) in [5.41, 5.74) is 3.78. The van der Waals surface area contributed by atoms with Gasteiger partial charge in [-0.1, -0.05) is 18.2 Å². The molecule has 4 rings (SSSR count). The molecular weight excluding hydrogens is 360 g/mol. The second-order valence-corrected chi connectivity index (χ2v) is 6.72. The number of ether oxygens (including phenoxy) is 3. The summed E-state index contributed by atoms with van der Waals surface area (Å²) in [5.74, 6) is 0.659. The zero-order valence-electron chi connectivity index (χ0n) is 15.9. The Bertz CT molecular complexity index is 1020. The Balaban J connectivity index is 1.91. The number of H-pyrrole nitrogens is 1. The van der Waals surface area contributed by atoms with Gasteiger partial charge in [0.05, 0.1) is 27.4 Å². The Morgan fingerprint density at radius 2 is 1.75 bits per heavy atom. The lowest BCUT2D eigenvalue weighted by molar-refractivity contribution is -0.139. The average molecular weight is 382 g/mol. The number of benzene rings is 2. The second kappa shape index (κ2) is 7.09. The summed E-state index contributed by atoms with van der Waals surface area (Å²) >= 11 is 0.